The van der Waals surface area contributed by atoms with Gasteiger partial charge >= 0.3 is 0 Å². The topological polar surface area (TPSA) is 87.5 Å². The van der Waals surface area contributed by atoms with Gasteiger partial charge in [0.15, 0.2) is 0 Å². The zero-order chi connectivity index (χ0) is 21.1. The molecule has 156 valence electrons. The Morgan fingerprint density at radius 1 is 1.30 bits per heavy atom. The average molecular weight is 429 g/mol. The third-order valence-corrected chi connectivity index (χ3v) is 5.15. The third-order valence-electron chi connectivity index (χ3n) is 4.87. The first-order valence-corrected chi connectivity index (χ1v) is 9.75. The van der Waals surface area contributed by atoms with Crippen molar-refractivity contribution in [2.24, 2.45) is 0 Å². The van der Waals surface area contributed by atoms with Crippen molar-refractivity contribution in [2.45, 2.75) is 19.1 Å². The van der Waals surface area contributed by atoms with E-state index in [0.717, 1.165) is 28.2 Å². The summed E-state index contributed by atoms with van der Waals surface area (Å²) in [6, 6.07) is 9.51. The molecule has 1 N–H and O–H groups in total. The normalized spacial score (nSPS) is 14.7. The summed E-state index contributed by atoms with van der Waals surface area (Å²) >= 11 is 6.51. The molecule has 1 aromatic heterocycles. The number of nitrogens with one attached hydrogen (secondary N) is 1. The number of aromatic nitrogens is 3. The van der Waals surface area contributed by atoms with Crippen LogP contribution in [0.1, 0.15) is 5.56 Å². The van der Waals surface area contributed by atoms with E-state index >= 15 is 0 Å². The van der Waals surface area contributed by atoms with E-state index in [1.165, 1.54) is 17.3 Å². The van der Waals surface area contributed by atoms with E-state index in [-0.39, 0.29) is 18.6 Å². The van der Waals surface area contributed by atoms with Gasteiger partial charge in [0.05, 0.1) is 25.8 Å². The highest BCUT2D eigenvalue weighted by atomic mass is 35.5. The molecule has 1 aliphatic heterocycles. The molecular formula is C21H21ClN4O4. The first-order valence-electron chi connectivity index (χ1n) is 9.38. The first kappa shape index (κ1) is 20.0. The lowest BCUT2D eigenvalue weighted by atomic mass is 9.99. The smallest absolute Gasteiger partial charge is 0.241 e. The van der Waals surface area contributed by atoms with Crippen molar-refractivity contribution in [3.8, 4) is 28.4 Å². The van der Waals surface area contributed by atoms with Gasteiger partial charge in [0.1, 0.15) is 42.6 Å². The molecule has 4 rings (SSSR count). The van der Waals surface area contributed by atoms with Crippen molar-refractivity contribution in [3.05, 3.63) is 53.6 Å². The van der Waals surface area contributed by atoms with Crippen LogP contribution in [0.4, 0.5) is 0 Å². The Balaban J connectivity index is 1.48. The van der Waals surface area contributed by atoms with Gasteiger partial charge in [-0.25, -0.2) is 9.67 Å². The van der Waals surface area contributed by atoms with E-state index in [9.17, 15) is 4.79 Å². The van der Waals surface area contributed by atoms with Crippen LogP contribution < -0.4 is 19.5 Å². The van der Waals surface area contributed by atoms with Crippen LogP contribution in [0.5, 0.6) is 17.2 Å². The van der Waals surface area contributed by atoms with E-state index < -0.39 is 0 Å². The number of rotatable bonds is 7. The summed E-state index contributed by atoms with van der Waals surface area (Å²) in [6.07, 6.45) is 3.33. The van der Waals surface area contributed by atoms with E-state index in [2.05, 4.69) is 15.4 Å². The molecule has 0 saturated carbocycles. The van der Waals surface area contributed by atoms with E-state index in [1.54, 1.807) is 14.2 Å². The van der Waals surface area contributed by atoms with Gasteiger partial charge < -0.3 is 19.5 Å². The number of fused-ring (bicyclic) bond motifs is 1. The van der Waals surface area contributed by atoms with Crippen LogP contribution >= 0.6 is 11.6 Å². The van der Waals surface area contributed by atoms with Gasteiger partial charge in [-0.15, -0.1) is 0 Å². The summed E-state index contributed by atoms with van der Waals surface area (Å²) in [4.78, 5) is 15.9. The number of amides is 1. The van der Waals surface area contributed by atoms with Gasteiger partial charge in [0, 0.05) is 17.5 Å². The molecule has 0 radical (unpaired) electrons. The number of carbonyl (C=O) groups is 1. The molecule has 8 nitrogen and oxygen atoms in total. The highest BCUT2D eigenvalue weighted by Crippen LogP contribution is 2.42. The molecule has 0 aliphatic carbocycles. The Bertz CT molecular complexity index is 1060. The maximum Gasteiger partial charge on any atom is 0.241 e. The fourth-order valence-corrected chi connectivity index (χ4v) is 3.73. The minimum atomic E-state index is -0.195. The van der Waals surface area contributed by atoms with Crippen LogP contribution in [0.25, 0.3) is 11.1 Å². The Labute approximate surface area is 178 Å². The second-order valence-corrected chi connectivity index (χ2v) is 7.26. The minimum Gasteiger partial charge on any atom is -0.497 e. The molecule has 9 heteroatoms. The Kier molecular flexibility index (Phi) is 5.76. The molecule has 0 saturated heterocycles. The summed E-state index contributed by atoms with van der Waals surface area (Å²) in [5, 5.41) is 7.30. The molecule has 0 bridgehead atoms. The SMILES string of the molecule is COc1ccc(OC)c(-c2cc(Cl)c3c(c2)C[C@H](CNC(=O)Cn2cncn2)O3)c1. The van der Waals surface area contributed by atoms with Gasteiger partial charge in [-0.3, -0.25) is 4.79 Å². The molecule has 3 aromatic rings. The molecule has 1 aliphatic rings. The Morgan fingerprint density at radius 3 is 2.90 bits per heavy atom. The van der Waals surface area contributed by atoms with Gasteiger partial charge in [-0.05, 0) is 35.9 Å². The standard InChI is InChI=1S/C21H21ClN4O4/c1-28-15-3-4-19(29-2)17(8-15)13-5-14-6-16(30-21(14)18(22)7-13)9-24-20(27)10-26-12-23-11-25-26/h3-5,7-8,11-12,16H,6,9-10H2,1-2H3,(H,24,27)/t16-/m1/s1. The van der Waals surface area contributed by atoms with Gasteiger partial charge in [0.2, 0.25) is 5.91 Å². The highest BCUT2D eigenvalue weighted by molar-refractivity contribution is 6.32. The van der Waals surface area contributed by atoms with Crippen molar-refractivity contribution in [1.82, 2.24) is 20.1 Å². The number of nitrogens with zero attached hydrogens (tertiary/aromatic N) is 3. The Hall–Kier alpha value is -3.26. The lowest BCUT2D eigenvalue weighted by molar-refractivity contribution is -0.122. The van der Waals surface area contributed by atoms with Crippen LogP contribution in [0.3, 0.4) is 0 Å². The summed E-state index contributed by atoms with van der Waals surface area (Å²) in [7, 11) is 3.25. The van der Waals surface area contributed by atoms with Crippen molar-refractivity contribution >= 4 is 17.5 Å². The van der Waals surface area contributed by atoms with Crippen molar-refractivity contribution < 1.29 is 19.0 Å². The summed E-state index contributed by atoms with van der Waals surface area (Å²) in [5.41, 5.74) is 2.78. The lowest BCUT2D eigenvalue weighted by Crippen LogP contribution is -2.36. The van der Waals surface area contributed by atoms with Crippen LogP contribution in [0.15, 0.2) is 43.0 Å². The number of carbonyl (C=O) groups excluding carboxylic acids is 1. The summed E-state index contributed by atoms with van der Waals surface area (Å²) in [5.74, 6) is 1.94. The quantitative estimate of drug-likeness (QED) is 0.622. The van der Waals surface area contributed by atoms with Crippen molar-refractivity contribution in [3.63, 3.8) is 0 Å². The second-order valence-electron chi connectivity index (χ2n) is 6.85. The zero-order valence-corrected chi connectivity index (χ0v) is 17.3. The molecule has 30 heavy (non-hydrogen) atoms. The van der Waals surface area contributed by atoms with E-state index in [1.807, 2.05) is 30.3 Å². The molecule has 0 spiro atoms. The summed E-state index contributed by atoms with van der Waals surface area (Å²) in [6.45, 7) is 0.483. The molecule has 2 heterocycles. The molecule has 2 aromatic carbocycles. The number of hydrogen-bond acceptors (Lipinski definition) is 6. The van der Waals surface area contributed by atoms with Gasteiger partial charge in [-0.1, -0.05) is 11.6 Å². The predicted molar refractivity (Wildman–Crippen MR) is 111 cm³/mol. The second kappa shape index (κ2) is 8.62. The minimum absolute atomic E-state index is 0.111. The fourth-order valence-electron chi connectivity index (χ4n) is 3.44. The van der Waals surface area contributed by atoms with Crippen LogP contribution in [-0.4, -0.2) is 47.5 Å². The molecule has 1 atom stereocenters. The third kappa shape index (κ3) is 4.18. The predicted octanol–water partition coefficient (Wildman–Crippen LogP) is 2.74. The van der Waals surface area contributed by atoms with Gasteiger partial charge in [-0.2, -0.15) is 5.10 Å². The lowest BCUT2D eigenvalue weighted by Gasteiger charge is -2.13. The number of benzene rings is 2. The zero-order valence-electron chi connectivity index (χ0n) is 16.6. The van der Waals surface area contributed by atoms with Crippen LogP contribution in [0.2, 0.25) is 5.02 Å². The monoisotopic (exact) mass is 428 g/mol. The number of ether oxygens (including phenoxy) is 3. The van der Waals surface area contributed by atoms with E-state index in [0.29, 0.717) is 23.7 Å². The molecular weight excluding hydrogens is 408 g/mol. The fraction of sp³-hybridized carbons (Fsp3) is 0.286. The van der Waals surface area contributed by atoms with Crippen LogP contribution in [-0.2, 0) is 17.8 Å². The Morgan fingerprint density at radius 2 is 2.17 bits per heavy atom. The largest absolute Gasteiger partial charge is 0.497 e. The molecule has 0 fully saturated rings. The van der Waals surface area contributed by atoms with Gasteiger partial charge in [0.25, 0.3) is 0 Å². The van der Waals surface area contributed by atoms with Crippen molar-refractivity contribution in [1.29, 1.82) is 0 Å². The summed E-state index contributed by atoms with van der Waals surface area (Å²) < 4.78 is 18.3. The molecule has 0 unspecified atom stereocenters. The maximum absolute atomic E-state index is 12.1. The highest BCUT2D eigenvalue weighted by Gasteiger charge is 2.27. The van der Waals surface area contributed by atoms with E-state index in [4.69, 9.17) is 25.8 Å². The number of methoxy groups -OCH3 is 2. The maximum atomic E-state index is 12.1. The first-order chi connectivity index (χ1) is 14.6. The molecule has 1 amide bonds. The number of halogens is 1. The van der Waals surface area contributed by atoms with Crippen LogP contribution in [0, 0.1) is 0 Å². The number of hydrogen-bond donors (Lipinski definition) is 1. The van der Waals surface area contributed by atoms with Crippen molar-refractivity contribution in [2.75, 3.05) is 20.8 Å². The average Bonchev–Trinajstić information content (AvgIpc) is 3.41.